The molecule has 2 aromatic rings. The Labute approximate surface area is 81.5 Å². The summed E-state index contributed by atoms with van der Waals surface area (Å²) in [6, 6.07) is 0. The minimum Gasteiger partial charge on any atom is -0.295 e. The van der Waals surface area contributed by atoms with Crippen LogP contribution in [0.3, 0.4) is 0 Å². The highest BCUT2D eigenvalue weighted by molar-refractivity contribution is 7.13. The van der Waals surface area contributed by atoms with Crippen molar-refractivity contribution >= 4 is 33.7 Å². The maximum absolute atomic E-state index is 11.3. The zero-order valence-electron chi connectivity index (χ0n) is 6.30. The maximum Gasteiger partial charge on any atom is 0.276 e. The topological polar surface area (TPSA) is 67.8 Å². The number of hydrogen-bond acceptors (Lipinski definition) is 6. The Kier molecular flexibility index (Phi) is 2.28. The number of nitrogens with one attached hydrogen (secondary N) is 1. The van der Waals surface area contributed by atoms with E-state index in [2.05, 4.69) is 20.5 Å². The Morgan fingerprint density at radius 1 is 1.46 bits per heavy atom. The molecule has 66 valence electrons. The normalized spacial score (nSPS) is 9.85. The van der Waals surface area contributed by atoms with Crippen molar-refractivity contribution in [2.24, 2.45) is 0 Å². The Morgan fingerprint density at radius 2 is 2.38 bits per heavy atom. The van der Waals surface area contributed by atoms with Crippen molar-refractivity contribution in [3.8, 4) is 0 Å². The highest BCUT2D eigenvalue weighted by Gasteiger charge is 2.08. The highest BCUT2D eigenvalue weighted by Crippen LogP contribution is 2.10. The van der Waals surface area contributed by atoms with Crippen molar-refractivity contribution in [2.45, 2.75) is 0 Å². The zero-order chi connectivity index (χ0) is 9.10. The molecule has 0 aromatic carbocycles. The fourth-order valence-electron chi connectivity index (χ4n) is 0.713. The number of carbonyl (C=O) groups is 1. The molecular formula is C6H4N4OS2. The summed E-state index contributed by atoms with van der Waals surface area (Å²) in [5.41, 5.74) is 3.56. The highest BCUT2D eigenvalue weighted by atomic mass is 32.1. The number of nitrogens with zero attached hydrogens (tertiary/aromatic N) is 3. The summed E-state index contributed by atoms with van der Waals surface area (Å²) in [5.74, 6) is -0.252. The van der Waals surface area contributed by atoms with E-state index < -0.39 is 0 Å². The van der Waals surface area contributed by atoms with Crippen LogP contribution in [0.5, 0.6) is 0 Å². The Morgan fingerprint density at radius 3 is 3.00 bits per heavy atom. The Bertz CT molecular complexity index is 383. The molecule has 0 aliphatic heterocycles. The molecule has 2 aromatic heterocycles. The van der Waals surface area contributed by atoms with E-state index >= 15 is 0 Å². The van der Waals surface area contributed by atoms with Gasteiger partial charge in [-0.05, 0) is 0 Å². The van der Waals surface area contributed by atoms with E-state index in [1.54, 1.807) is 16.4 Å². The second-order valence-electron chi connectivity index (χ2n) is 2.07. The van der Waals surface area contributed by atoms with Gasteiger partial charge in [0.25, 0.3) is 5.91 Å². The lowest BCUT2D eigenvalue weighted by Gasteiger charge is -1.94. The summed E-state index contributed by atoms with van der Waals surface area (Å²) in [6.45, 7) is 0. The first kappa shape index (κ1) is 8.27. The van der Waals surface area contributed by atoms with E-state index in [1.165, 1.54) is 22.7 Å². The van der Waals surface area contributed by atoms with Gasteiger partial charge in [0.15, 0.2) is 0 Å². The largest absolute Gasteiger partial charge is 0.295 e. The van der Waals surface area contributed by atoms with Gasteiger partial charge in [-0.15, -0.1) is 21.5 Å². The summed E-state index contributed by atoms with van der Waals surface area (Å²) < 4.78 is 0. The molecule has 0 fully saturated rings. The van der Waals surface area contributed by atoms with Crippen LogP contribution >= 0.6 is 22.7 Å². The molecule has 0 unspecified atom stereocenters. The van der Waals surface area contributed by atoms with Crippen LogP contribution in [0.1, 0.15) is 10.5 Å². The number of aromatic nitrogens is 3. The van der Waals surface area contributed by atoms with Gasteiger partial charge in [-0.1, -0.05) is 11.3 Å². The van der Waals surface area contributed by atoms with Gasteiger partial charge >= 0.3 is 0 Å². The Balaban J connectivity index is 2.08. The number of hydrogen-bond donors (Lipinski definition) is 1. The molecule has 0 saturated heterocycles. The van der Waals surface area contributed by atoms with E-state index in [4.69, 9.17) is 0 Å². The van der Waals surface area contributed by atoms with Crippen LogP contribution in [0.15, 0.2) is 16.4 Å². The summed E-state index contributed by atoms with van der Waals surface area (Å²) in [5, 5.41) is 12.0. The maximum atomic E-state index is 11.3. The molecule has 0 radical (unpaired) electrons. The smallest absolute Gasteiger partial charge is 0.276 e. The second kappa shape index (κ2) is 3.58. The quantitative estimate of drug-likeness (QED) is 0.813. The molecule has 13 heavy (non-hydrogen) atoms. The van der Waals surface area contributed by atoms with E-state index in [0.29, 0.717) is 10.8 Å². The lowest BCUT2D eigenvalue weighted by Crippen LogP contribution is -2.11. The van der Waals surface area contributed by atoms with Crippen molar-refractivity contribution < 1.29 is 4.79 Å². The van der Waals surface area contributed by atoms with Gasteiger partial charge < -0.3 is 0 Å². The van der Waals surface area contributed by atoms with Crippen molar-refractivity contribution in [1.82, 2.24) is 15.2 Å². The molecule has 0 aliphatic rings. The first-order valence-corrected chi connectivity index (χ1v) is 5.14. The van der Waals surface area contributed by atoms with Crippen molar-refractivity contribution in [3.63, 3.8) is 0 Å². The number of amides is 1. The van der Waals surface area contributed by atoms with Gasteiger partial charge in [0.2, 0.25) is 5.13 Å². The van der Waals surface area contributed by atoms with Gasteiger partial charge in [-0.25, -0.2) is 4.98 Å². The molecular weight excluding hydrogens is 208 g/mol. The number of thiazole rings is 1. The molecule has 0 bridgehead atoms. The third-order valence-electron chi connectivity index (χ3n) is 1.25. The van der Waals surface area contributed by atoms with E-state index in [0.717, 1.165) is 0 Å². The molecule has 0 saturated carbocycles. The van der Waals surface area contributed by atoms with Crippen molar-refractivity contribution in [1.29, 1.82) is 0 Å². The third kappa shape index (κ3) is 1.87. The standard InChI is InChI=1S/C6H4N4OS2/c11-5(4-1-12-2-7-4)9-6-10-8-3-13-6/h1-3H,(H,9,10,11). The van der Waals surface area contributed by atoms with Gasteiger partial charge in [-0.3, -0.25) is 10.1 Å². The molecule has 1 N–H and O–H groups in total. The molecule has 7 heteroatoms. The lowest BCUT2D eigenvalue weighted by molar-refractivity contribution is 0.102. The average Bonchev–Trinajstić information content (AvgIpc) is 2.74. The first-order valence-electron chi connectivity index (χ1n) is 3.32. The molecule has 2 rings (SSSR count). The van der Waals surface area contributed by atoms with Crippen LogP contribution in [0.4, 0.5) is 5.13 Å². The first-order chi connectivity index (χ1) is 6.36. The van der Waals surface area contributed by atoms with Gasteiger partial charge in [0.1, 0.15) is 11.2 Å². The zero-order valence-corrected chi connectivity index (χ0v) is 7.93. The van der Waals surface area contributed by atoms with Crippen molar-refractivity contribution in [3.05, 3.63) is 22.1 Å². The van der Waals surface area contributed by atoms with Crippen LogP contribution in [0.2, 0.25) is 0 Å². The monoisotopic (exact) mass is 212 g/mol. The Hall–Kier alpha value is -1.34. The van der Waals surface area contributed by atoms with Crippen LogP contribution in [-0.4, -0.2) is 21.1 Å². The minimum absolute atomic E-state index is 0.252. The van der Waals surface area contributed by atoms with Crippen LogP contribution in [0, 0.1) is 0 Å². The van der Waals surface area contributed by atoms with E-state index in [9.17, 15) is 4.79 Å². The fourth-order valence-corrected chi connectivity index (χ4v) is 1.69. The van der Waals surface area contributed by atoms with Crippen molar-refractivity contribution in [2.75, 3.05) is 5.32 Å². The number of rotatable bonds is 2. The predicted octanol–water partition coefficient (Wildman–Crippen LogP) is 1.25. The van der Waals surface area contributed by atoms with Gasteiger partial charge in [0, 0.05) is 5.38 Å². The molecule has 0 spiro atoms. The molecule has 2 heterocycles. The van der Waals surface area contributed by atoms with E-state index in [1.807, 2.05) is 0 Å². The molecule has 1 amide bonds. The predicted molar refractivity (Wildman–Crippen MR) is 50.0 cm³/mol. The average molecular weight is 212 g/mol. The summed E-state index contributed by atoms with van der Waals surface area (Å²) in [6.07, 6.45) is 0. The van der Waals surface area contributed by atoms with Crippen LogP contribution in [-0.2, 0) is 0 Å². The summed E-state index contributed by atoms with van der Waals surface area (Å²) in [7, 11) is 0. The molecule has 0 atom stereocenters. The minimum atomic E-state index is -0.252. The van der Waals surface area contributed by atoms with Crippen LogP contribution in [0.25, 0.3) is 0 Å². The molecule has 0 aliphatic carbocycles. The van der Waals surface area contributed by atoms with Crippen LogP contribution < -0.4 is 5.32 Å². The van der Waals surface area contributed by atoms with E-state index in [-0.39, 0.29) is 5.91 Å². The summed E-state index contributed by atoms with van der Waals surface area (Å²) in [4.78, 5) is 15.2. The van der Waals surface area contributed by atoms with Gasteiger partial charge in [0.05, 0.1) is 5.51 Å². The SMILES string of the molecule is O=C(Nc1nncs1)c1cscn1. The van der Waals surface area contributed by atoms with Gasteiger partial charge in [-0.2, -0.15) is 0 Å². The third-order valence-corrected chi connectivity index (χ3v) is 2.44. The number of anilines is 1. The summed E-state index contributed by atoms with van der Waals surface area (Å²) >= 11 is 2.65. The molecule has 5 nitrogen and oxygen atoms in total. The fraction of sp³-hybridized carbons (Fsp3) is 0. The lowest BCUT2D eigenvalue weighted by atomic mass is 10.5. The number of carbonyl (C=O) groups excluding carboxylic acids is 1. The second-order valence-corrected chi connectivity index (χ2v) is 3.62.